The first-order valence-electron chi connectivity index (χ1n) is 10.8. The Morgan fingerprint density at radius 2 is 1.74 bits per heavy atom. The predicted molar refractivity (Wildman–Crippen MR) is 138 cm³/mol. The summed E-state index contributed by atoms with van der Waals surface area (Å²) in [6.07, 6.45) is 0.867. The molecule has 0 aliphatic heterocycles. The Morgan fingerprint density at radius 3 is 2.41 bits per heavy atom. The van der Waals surface area contributed by atoms with E-state index < -0.39 is 5.43 Å². The van der Waals surface area contributed by atoms with Gasteiger partial charge in [0.05, 0.1) is 12.0 Å². The van der Waals surface area contributed by atoms with Crippen LogP contribution in [0.3, 0.4) is 0 Å². The molecular formula is C27H24N2O4S. The number of ketones is 1. The van der Waals surface area contributed by atoms with Gasteiger partial charge in [-0.1, -0.05) is 61.6 Å². The molecule has 0 saturated heterocycles. The van der Waals surface area contributed by atoms with Crippen LogP contribution in [0.5, 0.6) is 5.75 Å². The number of benzene rings is 3. The molecule has 4 rings (SSSR count). The number of carbonyl (C=O) groups excluding carboxylic acids is 1. The fraction of sp³-hybridized carbons (Fsp3) is 0.148. The van der Waals surface area contributed by atoms with Crippen LogP contribution in [0.25, 0.3) is 11.0 Å². The Balaban J connectivity index is 1.51. The van der Waals surface area contributed by atoms with E-state index in [2.05, 4.69) is 19.1 Å². The minimum Gasteiger partial charge on any atom is -0.494 e. The summed E-state index contributed by atoms with van der Waals surface area (Å²) >= 11 is 4.90. The van der Waals surface area contributed by atoms with Crippen molar-refractivity contribution in [2.45, 2.75) is 19.3 Å². The van der Waals surface area contributed by atoms with Gasteiger partial charge >= 0.3 is 0 Å². The number of anilines is 1. The smallest absolute Gasteiger partial charge is 0.217 e. The number of fused-ring (bicyclic) bond motifs is 1. The predicted octanol–water partition coefficient (Wildman–Crippen LogP) is 4.81. The number of carbonyl (C=O) groups is 1. The van der Waals surface area contributed by atoms with Crippen LogP contribution in [0.2, 0.25) is 0 Å². The third-order valence-corrected chi connectivity index (χ3v) is 5.91. The van der Waals surface area contributed by atoms with E-state index in [4.69, 9.17) is 32.8 Å². The van der Waals surface area contributed by atoms with Crippen LogP contribution in [0.4, 0.5) is 5.69 Å². The normalized spacial score (nSPS) is 11.8. The van der Waals surface area contributed by atoms with Gasteiger partial charge in [-0.05, 0) is 48.2 Å². The zero-order chi connectivity index (χ0) is 24.2. The van der Waals surface area contributed by atoms with E-state index in [1.54, 1.807) is 42.5 Å². The standard InChI is InChI=1S/C27H24N2O4S/c1-16(17-6-3-2-4-7-17)14-15-32-19-12-10-18(11-13-19)24(30)20-8-5-9-21-22(20)25(31)23(28)26(33-21)27(29)34/h2-13,16H,14-15,28H2,1H3,(H2,29,34). The zero-order valence-corrected chi connectivity index (χ0v) is 19.4. The summed E-state index contributed by atoms with van der Waals surface area (Å²) in [6, 6.07) is 21.9. The maximum Gasteiger partial charge on any atom is 0.217 e. The first-order valence-corrected chi connectivity index (χ1v) is 11.2. The van der Waals surface area contributed by atoms with Crippen molar-refractivity contribution in [2.75, 3.05) is 12.3 Å². The van der Waals surface area contributed by atoms with E-state index in [-0.39, 0.29) is 38.8 Å². The van der Waals surface area contributed by atoms with Gasteiger partial charge < -0.3 is 20.6 Å². The molecule has 4 aromatic rings. The van der Waals surface area contributed by atoms with E-state index in [1.165, 1.54) is 5.56 Å². The van der Waals surface area contributed by atoms with E-state index in [0.29, 0.717) is 23.8 Å². The van der Waals surface area contributed by atoms with E-state index >= 15 is 0 Å². The molecule has 0 amide bonds. The Labute approximate surface area is 202 Å². The van der Waals surface area contributed by atoms with Crippen LogP contribution in [-0.4, -0.2) is 17.4 Å². The first kappa shape index (κ1) is 23.2. The lowest BCUT2D eigenvalue weighted by atomic mass is 9.98. The van der Waals surface area contributed by atoms with Gasteiger partial charge in [0.15, 0.2) is 11.5 Å². The molecule has 1 atom stereocenters. The molecule has 1 unspecified atom stereocenters. The van der Waals surface area contributed by atoms with Crippen LogP contribution in [0, 0.1) is 0 Å². The summed E-state index contributed by atoms with van der Waals surface area (Å²) in [5, 5.41) is 0.0974. The van der Waals surface area contributed by atoms with E-state index in [9.17, 15) is 9.59 Å². The maximum atomic E-state index is 13.2. The van der Waals surface area contributed by atoms with Crippen molar-refractivity contribution in [1.29, 1.82) is 0 Å². The minimum absolute atomic E-state index is 0.0554. The topological polar surface area (TPSA) is 109 Å². The summed E-state index contributed by atoms with van der Waals surface area (Å²) in [5.74, 6) is 0.658. The summed E-state index contributed by atoms with van der Waals surface area (Å²) < 4.78 is 11.5. The maximum absolute atomic E-state index is 13.2. The third kappa shape index (κ3) is 4.70. The largest absolute Gasteiger partial charge is 0.494 e. The molecule has 0 spiro atoms. The van der Waals surface area contributed by atoms with Gasteiger partial charge in [-0.3, -0.25) is 9.59 Å². The minimum atomic E-state index is -0.541. The van der Waals surface area contributed by atoms with Gasteiger partial charge in [-0.15, -0.1) is 0 Å². The number of thiocarbonyl (C=S) groups is 1. The molecule has 0 aliphatic carbocycles. The van der Waals surface area contributed by atoms with Crippen LogP contribution in [-0.2, 0) is 0 Å². The Morgan fingerprint density at radius 1 is 1.03 bits per heavy atom. The van der Waals surface area contributed by atoms with Crippen molar-refractivity contribution >= 4 is 39.6 Å². The molecule has 6 nitrogen and oxygen atoms in total. The number of nitrogens with two attached hydrogens (primary N) is 2. The van der Waals surface area contributed by atoms with Gasteiger partial charge in [0.1, 0.15) is 22.0 Å². The van der Waals surface area contributed by atoms with Gasteiger partial charge in [-0.25, -0.2) is 0 Å². The summed E-state index contributed by atoms with van der Waals surface area (Å²) in [7, 11) is 0. The average Bonchev–Trinajstić information content (AvgIpc) is 2.86. The van der Waals surface area contributed by atoms with Crippen molar-refractivity contribution in [1.82, 2.24) is 0 Å². The number of hydrogen-bond donors (Lipinski definition) is 2. The SMILES string of the molecule is CC(CCOc1ccc(C(=O)c2cccc3oc(C(N)=S)c(N)c(=O)c23)cc1)c1ccccc1. The molecule has 0 saturated carbocycles. The fourth-order valence-corrected chi connectivity index (χ4v) is 3.94. The highest BCUT2D eigenvalue weighted by atomic mass is 32.1. The highest BCUT2D eigenvalue weighted by molar-refractivity contribution is 7.80. The highest BCUT2D eigenvalue weighted by Gasteiger charge is 2.20. The molecule has 0 bridgehead atoms. The highest BCUT2D eigenvalue weighted by Crippen LogP contribution is 2.24. The molecule has 4 N–H and O–H groups in total. The van der Waals surface area contributed by atoms with Crippen molar-refractivity contribution in [3.63, 3.8) is 0 Å². The van der Waals surface area contributed by atoms with E-state index in [0.717, 1.165) is 6.42 Å². The Kier molecular flexibility index (Phi) is 6.75. The molecule has 3 aromatic carbocycles. The van der Waals surface area contributed by atoms with Crippen LogP contribution < -0.4 is 21.6 Å². The lowest BCUT2D eigenvalue weighted by Crippen LogP contribution is -2.20. The lowest BCUT2D eigenvalue weighted by Gasteiger charge is -2.13. The van der Waals surface area contributed by atoms with Gasteiger partial charge in [0, 0.05) is 11.1 Å². The molecule has 34 heavy (non-hydrogen) atoms. The molecule has 1 aromatic heterocycles. The Bertz CT molecular complexity index is 1410. The van der Waals surface area contributed by atoms with Crippen LogP contribution in [0.1, 0.15) is 46.5 Å². The van der Waals surface area contributed by atoms with Crippen molar-refractivity contribution in [2.24, 2.45) is 5.73 Å². The van der Waals surface area contributed by atoms with E-state index in [1.807, 2.05) is 18.2 Å². The number of ether oxygens (including phenoxy) is 1. The zero-order valence-electron chi connectivity index (χ0n) is 18.6. The van der Waals surface area contributed by atoms with Crippen molar-refractivity contribution in [3.05, 3.63) is 105 Å². The third-order valence-electron chi connectivity index (χ3n) is 5.73. The van der Waals surface area contributed by atoms with Crippen molar-refractivity contribution in [3.8, 4) is 5.75 Å². The monoisotopic (exact) mass is 472 g/mol. The number of nitrogen functional groups attached to an aromatic ring is 1. The van der Waals surface area contributed by atoms with Gasteiger partial charge in [0.25, 0.3) is 0 Å². The fourth-order valence-electron chi connectivity index (χ4n) is 3.79. The van der Waals surface area contributed by atoms with Gasteiger partial charge in [-0.2, -0.15) is 0 Å². The van der Waals surface area contributed by atoms with Gasteiger partial charge in [0.2, 0.25) is 5.43 Å². The Hall–Kier alpha value is -3.97. The van der Waals surface area contributed by atoms with Crippen LogP contribution >= 0.6 is 12.2 Å². The quantitative estimate of drug-likeness (QED) is 0.280. The second kappa shape index (κ2) is 9.89. The summed E-state index contributed by atoms with van der Waals surface area (Å²) in [6.45, 7) is 2.72. The molecule has 1 heterocycles. The van der Waals surface area contributed by atoms with Crippen molar-refractivity contribution < 1.29 is 13.9 Å². The second-order valence-corrected chi connectivity index (χ2v) is 8.46. The summed E-state index contributed by atoms with van der Waals surface area (Å²) in [5.41, 5.74) is 12.8. The molecule has 0 fully saturated rings. The molecule has 172 valence electrons. The molecule has 0 radical (unpaired) electrons. The lowest BCUT2D eigenvalue weighted by molar-refractivity contribution is 0.104. The average molecular weight is 473 g/mol. The summed E-state index contributed by atoms with van der Waals surface area (Å²) in [4.78, 5) is 25.9. The second-order valence-electron chi connectivity index (χ2n) is 8.02. The molecule has 7 heteroatoms. The number of hydrogen-bond acceptors (Lipinski definition) is 6. The molecule has 0 aliphatic rings. The first-order chi connectivity index (χ1) is 16.4. The van der Waals surface area contributed by atoms with Crippen LogP contribution in [0.15, 0.2) is 82.0 Å². The molecular weight excluding hydrogens is 448 g/mol. The number of rotatable bonds is 8.